The maximum Gasteiger partial charge on any atom is 0.249 e. The summed E-state index contributed by atoms with van der Waals surface area (Å²) in [7, 11) is 0. The molecule has 7 heteroatoms. The van der Waals surface area contributed by atoms with E-state index in [1.165, 1.54) is 0 Å². The lowest BCUT2D eigenvalue weighted by molar-refractivity contribution is -0.132. The molecule has 5 nitrogen and oxygen atoms in total. The maximum absolute atomic E-state index is 13.9. The summed E-state index contributed by atoms with van der Waals surface area (Å²) in [5.41, 5.74) is 4.88. The highest BCUT2D eigenvalue weighted by molar-refractivity contribution is 6.04. The fourth-order valence-corrected chi connectivity index (χ4v) is 2.17. The number of nitrogens with zero attached hydrogens (tertiary/aromatic N) is 1. The highest BCUT2D eigenvalue weighted by Crippen LogP contribution is 2.29. The fraction of sp³-hybridized carbons (Fsp3) is 0.333. The molecule has 2 rings (SSSR count). The smallest absolute Gasteiger partial charge is 0.249 e. The minimum absolute atomic E-state index is 0.0559. The molecule has 1 aromatic rings. The second-order valence-corrected chi connectivity index (χ2v) is 4.30. The molecular weight excluding hydrogens is 256 g/mol. The average Bonchev–Trinajstić information content (AvgIpc) is 2.26. The number of nitrogens with two attached hydrogens (primary N) is 1. The van der Waals surface area contributed by atoms with Gasteiger partial charge in [0.15, 0.2) is 11.6 Å². The number of imide groups is 1. The lowest BCUT2D eigenvalue weighted by atomic mass is 10.1. The molecule has 1 fully saturated rings. The van der Waals surface area contributed by atoms with Crippen molar-refractivity contribution in [1.29, 1.82) is 0 Å². The molecular formula is C12H13F2N3O2. The topological polar surface area (TPSA) is 75.4 Å². The summed E-state index contributed by atoms with van der Waals surface area (Å²) in [6.07, 6.45) is 0.322. The Morgan fingerprint density at radius 2 is 1.95 bits per heavy atom. The van der Waals surface area contributed by atoms with Gasteiger partial charge in [-0.1, -0.05) is 6.92 Å². The van der Waals surface area contributed by atoms with Gasteiger partial charge in [0.05, 0.1) is 6.54 Å². The van der Waals surface area contributed by atoms with Crippen molar-refractivity contribution in [2.75, 3.05) is 17.2 Å². The first kappa shape index (κ1) is 13.3. The summed E-state index contributed by atoms with van der Waals surface area (Å²) in [6, 6.07) is 1.13. The minimum atomic E-state index is -0.890. The molecule has 1 unspecified atom stereocenters. The molecule has 102 valence electrons. The Labute approximate surface area is 108 Å². The lowest BCUT2D eigenvalue weighted by Gasteiger charge is -2.35. The molecule has 1 aliphatic rings. The Morgan fingerprint density at radius 3 is 2.47 bits per heavy atom. The van der Waals surface area contributed by atoms with Gasteiger partial charge in [-0.2, -0.15) is 0 Å². The molecule has 1 saturated heterocycles. The number of hydrogen-bond donors (Lipinski definition) is 2. The van der Waals surface area contributed by atoms with Crippen molar-refractivity contribution in [3.8, 4) is 0 Å². The summed E-state index contributed by atoms with van der Waals surface area (Å²) >= 11 is 0. The van der Waals surface area contributed by atoms with Gasteiger partial charge in [-0.05, 0) is 18.6 Å². The third-order valence-electron chi connectivity index (χ3n) is 2.97. The zero-order valence-electron chi connectivity index (χ0n) is 10.2. The monoisotopic (exact) mass is 269 g/mol. The van der Waals surface area contributed by atoms with Gasteiger partial charge < -0.3 is 10.6 Å². The standard InChI is InChI=1S/C12H13F2N3O2/c1-2-9-12(19)16-10(18)5-17(9)11-7(13)3-6(15)4-8(11)14/h3-4,9H,2,5,15H2,1H3,(H,16,18,19). The van der Waals surface area contributed by atoms with Gasteiger partial charge >= 0.3 is 0 Å². The summed E-state index contributed by atoms with van der Waals surface area (Å²) < 4.78 is 27.7. The first-order chi connectivity index (χ1) is 8.93. The number of piperazine rings is 1. The zero-order chi connectivity index (χ0) is 14.2. The van der Waals surface area contributed by atoms with Crippen molar-refractivity contribution in [3.05, 3.63) is 23.8 Å². The Balaban J connectivity index is 2.49. The Kier molecular flexibility index (Phi) is 3.37. The molecule has 0 radical (unpaired) electrons. The Morgan fingerprint density at radius 1 is 1.37 bits per heavy atom. The highest BCUT2D eigenvalue weighted by Gasteiger charge is 2.35. The van der Waals surface area contributed by atoms with Crippen LogP contribution in [0.5, 0.6) is 0 Å². The number of rotatable bonds is 2. The number of carbonyl (C=O) groups excluding carboxylic acids is 2. The summed E-state index contributed by atoms with van der Waals surface area (Å²) in [4.78, 5) is 24.2. The van der Waals surface area contributed by atoms with Gasteiger partial charge in [-0.15, -0.1) is 0 Å². The van der Waals surface area contributed by atoms with Crippen LogP contribution in [0.3, 0.4) is 0 Å². The van der Waals surface area contributed by atoms with Crippen LogP contribution in [0.2, 0.25) is 0 Å². The Bertz CT molecular complexity index is 525. The van der Waals surface area contributed by atoms with Crippen LogP contribution in [0, 0.1) is 11.6 Å². The summed E-state index contributed by atoms with van der Waals surface area (Å²) in [5.74, 6) is -2.93. The number of nitrogen functional groups attached to an aromatic ring is 1. The molecule has 1 heterocycles. The van der Waals surface area contributed by atoms with E-state index in [0.717, 1.165) is 17.0 Å². The van der Waals surface area contributed by atoms with Crippen molar-refractivity contribution in [3.63, 3.8) is 0 Å². The van der Waals surface area contributed by atoms with Gasteiger partial charge in [0, 0.05) is 5.69 Å². The van der Waals surface area contributed by atoms with Gasteiger partial charge in [0.1, 0.15) is 11.7 Å². The van der Waals surface area contributed by atoms with Crippen molar-refractivity contribution < 1.29 is 18.4 Å². The van der Waals surface area contributed by atoms with E-state index in [0.29, 0.717) is 6.42 Å². The molecule has 0 aliphatic carbocycles. The van der Waals surface area contributed by atoms with E-state index in [1.807, 2.05) is 0 Å². The maximum atomic E-state index is 13.9. The number of benzene rings is 1. The third-order valence-corrected chi connectivity index (χ3v) is 2.97. The first-order valence-corrected chi connectivity index (χ1v) is 5.79. The van der Waals surface area contributed by atoms with E-state index in [-0.39, 0.29) is 12.2 Å². The molecule has 1 aromatic carbocycles. The molecule has 0 aromatic heterocycles. The second kappa shape index (κ2) is 4.83. The van der Waals surface area contributed by atoms with E-state index in [1.54, 1.807) is 6.92 Å². The van der Waals surface area contributed by atoms with Crippen LogP contribution in [0.1, 0.15) is 13.3 Å². The zero-order valence-corrected chi connectivity index (χ0v) is 10.2. The van der Waals surface area contributed by atoms with Crippen molar-refractivity contribution in [2.24, 2.45) is 0 Å². The number of amides is 2. The normalized spacial score (nSPS) is 19.5. The summed E-state index contributed by atoms with van der Waals surface area (Å²) in [5, 5.41) is 2.14. The van der Waals surface area contributed by atoms with Gasteiger partial charge in [0.25, 0.3) is 0 Å². The molecule has 19 heavy (non-hydrogen) atoms. The van der Waals surface area contributed by atoms with Crippen LogP contribution in [0.15, 0.2) is 12.1 Å². The van der Waals surface area contributed by atoms with E-state index in [4.69, 9.17) is 5.73 Å². The van der Waals surface area contributed by atoms with E-state index in [2.05, 4.69) is 5.32 Å². The number of halogens is 2. The lowest BCUT2D eigenvalue weighted by Crippen LogP contribution is -2.58. The third kappa shape index (κ3) is 2.35. The first-order valence-electron chi connectivity index (χ1n) is 5.79. The molecule has 0 spiro atoms. The molecule has 3 N–H and O–H groups in total. The highest BCUT2D eigenvalue weighted by atomic mass is 19.1. The van der Waals surface area contributed by atoms with E-state index < -0.39 is 35.2 Å². The van der Waals surface area contributed by atoms with E-state index in [9.17, 15) is 18.4 Å². The number of carbonyl (C=O) groups is 2. The molecule has 0 saturated carbocycles. The Hall–Kier alpha value is -2.18. The van der Waals surface area contributed by atoms with Crippen LogP contribution in [0.4, 0.5) is 20.2 Å². The number of nitrogens with one attached hydrogen (secondary N) is 1. The van der Waals surface area contributed by atoms with E-state index >= 15 is 0 Å². The van der Waals surface area contributed by atoms with Gasteiger partial charge in [-0.3, -0.25) is 14.9 Å². The van der Waals surface area contributed by atoms with Crippen molar-refractivity contribution >= 4 is 23.2 Å². The summed E-state index contributed by atoms with van der Waals surface area (Å²) in [6.45, 7) is 1.42. The van der Waals surface area contributed by atoms with Gasteiger partial charge in [-0.25, -0.2) is 8.78 Å². The molecule has 0 bridgehead atoms. The minimum Gasteiger partial charge on any atom is -0.399 e. The van der Waals surface area contributed by atoms with Crippen LogP contribution >= 0.6 is 0 Å². The molecule has 1 aliphatic heterocycles. The van der Waals surface area contributed by atoms with Crippen LogP contribution in [-0.2, 0) is 9.59 Å². The predicted octanol–water partition coefficient (Wildman–Crippen LogP) is 0.788. The second-order valence-electron chi connectivity index (χ2n) is 4.30. The van der Waals surface area contributed by atoms with Crippen LogP contribution in [-0.4, -0.2) is 24.4 Å². The number of anilines is 2. The molecule has 2 amide bonds. The predicted molar refractivity (Wildman–Crippen MR) is 65.3 cm³/mol. The largest absolute Gasteiger partial charge is 0.399 e. The van der Waals surface area contributed by atoms with Crippen LogP contribution in [0.25, 0.3) is 0 Å². The fourth-order valence-electron chi connectivity index (χ4n) is 2.17. The number of hydrogen-bond acceptors (Lipinski definition) is 4. The quantitative estimate of drug-likeness (QED) is 0.615. The van der Waals surface area contributed by atoms with Crippen molar-refractivity contribution in [1.82, 2.24) is 5.32 Å². The SMILES string of the molecule is CCC1C(=O)NC(=O)CN1c1c(F)cc(N)cc1F. The molecule has 1 atom stereocenters. The van der Waals surface area contributed by atoms with Crippen LogP contribution < -0.4 is 16.0 Å². The van der Waals surface area contributed by atoms with Gasteiger partial charge in [0.2, 0.25) is 11.8 Å². The van der Waals surface area contributed by atoms with Crippen molar-refractivity contribution in [2.45, 2.75) is 19.4 Å². The average molecular weight is 269 g/mol.